The Hall–Kier alpha value is 0.210. The highest BCUT2D eigenvalue weighted by atomic mass is 35.5. The molecule has 0 spiro atoms. The highest BCUT2D eigenvalue weighted by Crippen LogP contribution is 2.07. The Morgan fingerprint density at radius 3 is 2.80 bits per heavy atom. The minimum Gasteiger partial charge on any atom is -0.381 e. The Morgan fingerprint density at radius 1 is 1.30 bits per heavy atom. The molecule has 0 aromatic heterocycles. The van der Waals surface area contributed by atoms with E-state index < -0.39 is 0 Å². The van der Waals surface area contributed by atoms with Gasteiger partial charge in [-0.05, 0) is 32.4 Å². The van der Waals surface area contributed by atoms with E-state index in [2.05, 4.69) is 5.32 Å². The van der Waals surface area contributed by atoms with Crippen molar-refractivity contribution in [3.8, 4) is 0 Å². The average Bonchev–Trinajstić information content (AvgIpc) is 2.13. The summed E-state index contributed by atoms with van der Waals surface area (Å²) in [5, 5.41) is 3.33. The molecular weight excluding hydrogens is 150 g/mol. The second-order valence-corrected chi connectivity index (χ2v) is 2.54. The van der Waals surface area contributed by atoms with Gasteiger partial charge in [0.05, 0.1) is 6.10 Å². The first kappa shape index (κ1) is 10.2. The largest absolute Gasteiger partial charge is 0.381 e. The molecule has 0 bridgehead atoms. The highest BCUT2D eigenvalue weighted by Gasteiger charge is 2.08. The topological polar surface area (TPSA) is 21.3 Å². The van der Waals surface area contributed by atoms with E-state index in [4.69, 9.17) is 4.74 Å². The minimum atomic E-state index is 0. The van der Waals surface area contributed by atoms with Crippen LogP contribution in [0.3, 0.4) is 0 Å². The van der Waals surface area contributed by atoms with Gasteiger partial charge < -0.3 is 10.1 Å². The van der Waals surface area contributed by atoms with Gasteiger partial charge in [0, 0.05) is 7.11 Å². The smallest absolute Gasteiger partial charge is 0.0584 e. The van der Waals surface area contributed by atoms with Crippen LogP contribution in [0.25, 0.3) is 0 Å². The first-order valence-corrected chi connectivity index (χ1v) is 3.67. The lowest BCUT2D eigenvalue weighted by Gasteiger charge is -2.09. The van der Waals surface area contributed by atoms with Gasteiger partial charge in [-0.15, -0.1) is 12.4 Å². The van der Waals surface area contributed by atoms with E-state index in [1.54, 1.807) is 7.11 Å². The lowest BCUT2D eigenvalue weighted by molar-refractivity contribution is 0.0928. The molecule has 0 saturated carbocycles. The number of hydrogen-bond acceptors (Lipinski definition) is 2. The average molecular weight is 166 g/mol. The van der Waals surface area contributed by atoms with Crippen molar-refractivity contribution in [1.29, 1.82) is 0 Å². The molecule has 1 N–H and O–H groups in total. The molecule has 1 aliphatic rings. The van der Waals surface area contributed by atoms with Gasteiger partial charge in [0.1, 0.15) is 0 Å². The molecule has 1 atom stereocenters. The molecule has 1 saturated heterocycles. The van der Waals surface area contributed by atoms with Crippen LogP contribution in [0.4, 0.5) is 0 Å². The molecule has 0 aliphatic carbocycles. The molecule has 3 heteroatoms. The minimum absolute atomic E-state index is 0. The predicted octanol–water partition coefficient (Wildman–Crippen LogP) is 1.20. The molecule has 0 aromatic carbocycles. The quantitative estimate of drug-likeness (QED) is 0.631. The molecule has 1 aliphatic heterocycles. The maximum absolute atomic E-state index is 5.23. The number of halogens is 1. The van der Waals surface area contributed by atoms with E-state index >= 15 is 0 Å². The lowest BCUT2D eigenvalue weighted by Crippen LogP contribution is -2.16. The molecule has 0 amide bonds. The van der Waals surface area contributed by atoms with Crippen molar-refractivity contribution in [2.24, 2.45) is 0 Å². The Labute approximate surface area is 68.7 Å². The molecular formula is C7H16ClNO. The van der Waals surface area contributed by atoms with E-state index in [-0.39, 0.29) is 12.4 Å². The Balaban J connectivity index is 0.000000810. The van der Waals surface area contributed by atoms with Crippen LogP contribution in [0.1, 0.15) is 19.3 Å². The number of hydrogen-bond donors (Lipinski definition) is 1. The molecule has 1 rings (SSSR count). The summed E-state index contributed by atoms with van der Waals surface area (Å²) >= 11 is 0. The summed E-state index contributed by atoms with van der Waals surface area (Å²) in [5.74, 6) is 0. The Morgan fingerprint density at radius 2 is 2.10 bits per heavy atom. The monoisotopic (exact) mass is 165 g/mol. The summed E-state index contributed by atoms with van der Waals surface area (Å²) in [6.07, 6.45) is 4.18. The summed E-state index contributed by atoms with van der Waals surface area (Å²) in [6.45, 7) is 2.29. The number of ether oxygens (including phenoxy) is 1. The zero-order valence-corrected chi connectivity index (χ0v) is 7.25. The first-order chi connectivity index (χ1) is 4.43. The maximum atomic E-state index is 5.23. The van der Waals surface area contributed by atoms with Gasteiger partial charge in [0.2, 0.25) is 0 Å². The van der Waals surface area contributed by atoms with Crippen molar-refractivity contribution in [2.45, 2.75) is 25.4 Å². The van der Waals surface area contributed by atoms with Crippen molar-refractivity contribution >= 4 is 12.4 Å². The Bertz CT molecular complexity index is 72.0. The van der Waals surface area contributed by atoms with Crippen LogP contribution < -0.4 is 5.32 Å². The third-order valence-electron chi connectivity index (χ3n) is 1.86. The zero-order valence-electron chi connectivity index (χ0n) is 6.43. The van der Waals surface area contributed by atoms with Crippen LogP contribution in [-0.2, 0) is 4.74 Å². The molecule has 62 valence electrons. The maximum Gasteiger partial charge on any atom is 0.0584 e. The summed E-state index contributed by atoms with van der Waals surface area (Å²) < 4.78 is 5.23. The van der Waals surface area contributed by atoms with E-state index in [1.165, 1.54) is 25.8 Å². The fraction of sp³-hybridized carbons (Fsp3) is 1.00. The molecule has 1 heterocycles. The van der Waals surface area contributed by atoms with Gasteiger partial charge >= 0.3 is 0 Å². The van der Waals surface area contributed by atoms with Crippen LogP contribution in [0, 0.1) is 0 Å². The highest BCUT2D eigenvalue weighted by molar-refractivity contribution is 5.85. The number of methoxy groups -OCH3 is 1. The van der Waals surface area contributed by atoms with Crippen LogP contribution in [0.15, 0.2) is 0 Å². The van der Waals surface area contributed by atoms with Crippen LogP contribution >= 0.6 is 12.4 Å². The summed E-state index contributed by atoms with van der Waals surface area (Å²) in [5.41, 5.74) is 0. The van der Waals surface area contributed by atoms with E-state index in [1.807, 2.05) is 0 Å². The predicted molar refractivity (Wildman–Crippen MR) is 44.8 cm³/mol. The van der Waals surface area contributed by atoms with Crippen LogP contribution in [0.5, 0.6) is 0 Å². The molecule has 0 radical (unpaired) electrons. The van der Waals surface area contributed by atoms with Gasteiger partial charge in [-0.1, -0.05) is 0 Å². The molecule has 0 aromatic rings. The van der Waals surface area contributed by atoms with Crippen LogP contribution in [-0.4, -0.2) is 26.3 Å². The third-order valence-corrected chi connectivity index (χ3v) is 1.86. The fourth-order valence-corrected chi connectivity index (χ4v) is 1.22. The summed E-state index contributed by atoms with van der Waals surface area (Å²) in [7, 11) is 1.80. The molecule has 2 nitrogen and oxygen atoms in total. The van der Waals surface area contributed by atoms with Gasteiger partial charge in [-0.3, -0.25) is 0 Å². The van der Waals surface area contributed by atoms with Gasteiger partial charge in [0.15, 0.2) is 0 Å². The molecule has 10 heavy (non-hydrogen) atoms. The zero-order chi connectivity index (χ0) is 6.53. The Kier molecular flexibility index (Phi) is 6.08. The van der Waals surface area contributed by atoms with Crippen molar-refractivity contribution in [3.05, 3.63) is 0 Å². The second kappa shape index (κ2) is 5.96. The van der Waals surface area contributed by atoms with Crippen molar-refractivity contribution < 1.29 is 4.74 Å². The third kappa shape index (κ3) is 3.40. The normalized spacial score (nSPS) is 26.7. The standard InChI is InChI=1S/C7H15NO.ClH/c1-9-7-3-2-5-8-6-4-7;/h7-8H,2-6H2,1H3;1H. The van der Waals surface area contributed by atoms with Crippen molar-refractivity contribution in [3.63, 3.8) is 0 Å². The molecule has 1 fully saturated rings. The van der Waals surface area contributed by atoms with Gasteiger partial charge in [-0.25, -0.2) is 0 Å². The van der Waals surface area contributed by atoms with Crippen LogP contribution in [0.2, 0.25) is 0 Å². The fourth-order valence-electron chi connectivity index (χ4n) is 1.22. The summed E-state index contributed by atoms with van der Waals surface area (Å²) in [6, 6.07) is 0. The van der Waals surface area contributed by atoms with E-state index in [0.717, 1.165) is 6.54 Å². The number of rotatable bonds is 1. The van der Waals surface area contributed by atoms with E-state index in [0.29, 0.717) is 6.10 Å². The van der Waals surface area contributed by atoms with E-state index in [9.17, 15) is 0 Å². The second-order valence-electron chi connectivity index (χ2n) is 2.54. The summed E-state index contributed by atoms with van der Waals surface area (Å²) in [4.78, 5) is 0. The SMILES string of the molecule is COC1CCCNCC1.Cl. The first-order valence-electron chi connectivity index (χ1n) is 3.67. The number of nitrogens with one attached hydrogen (secondary N) is 1. The van der Waals surface area contributed by atoms with Gasteiger partial charge in [-0.2, -0.15) is 0 Å². The lowest BCUT2D eigenvalue weighted by atomic mass is 10.2. The van der Waals surface area contributed by atoms with Crippen molar-refractivity contribution in [1.82, 2.24) is 5.32 Å². The van der Waals surface area contributed by atoms with Gasteiger partial charge in [0.25, 0.3) is 0 Å². The van der Waals surface area contributed by atoms with Crippen molar-refractivity contribution in [2.75, 3.05) is 20.2 Å². The molecule has 1 unspecified atom stereocenters.